The Hall–Kier alpha value is -3.12. The number of halogens is 1. The number of carboxylic acids is 1. The van der Waals surface area contributed by atoms with Crippen molar-refractivity contribution in [1.82, 2.24) is 0 Å². The van der Waals surface area contributed by atoms with Crippen LogP contribution in [-0.4, -0.2) is 23.6 Å². The standard InChI is InChI=1S/C22H18BrNO4/c23-18-14-16(21(25)24-19-9-5-4-8-17(19)22(26)27)10-11-20(18)28-13-12-15-6-2-1-3-7-15/h1-11,14H,12-13H2,(H,24,25)(H,26,27). The summed E-state index contributed by atoms with van der Waals surface area (Å²) >= 11 is 3.43. The molecule has 3 aromatic rings. The summed E-state index contributed by atoms with van der Waals surface area (Å²) in [5.41, 5.74) is 1.87. The Labute approximate surface area is 171 Å². The minimum atomic E-state index is -1.10. The molecule has 0 heterocycles. The van der Waals surface area contributed by atoms with Crippen LogP contribution in [0, 0.1) is 0 Å². The Morgan fingerprint density at radius 2 is 1.68 bits per heavy atom. The van der Waals surface area contributed by atoms with Crippen molar-refractivity contribution in [3.63, 3.8) is 0 Å². The largest absolute Gasteiger partial charge is 0.492 e. The zero-order valence-corrected chi connectivity index (χ0v) is 16.5. The number of hydrogen-bond acceptors (Lipinski definition) is 3. The molecule has 0 aromatic heterocycles. The molecule has 0 aliphatic carbocycles. The van der Waals surface area contributed by atoms with Crippen molar-refractivity contribution in [2.24, 2.45) is 0 Å². The van der Waals surface area contributed by atoms with Gasteiger partial charge in [-0.2, -0.15) is 0 Å². The van der Waals surface area contributed by atoms with E-state index in [2.05, 4.69) is 21.2 Å². The fourth-order valence-corrected chi connectivity index (χ4v) is 3.15. The van der Waals surface area contributed by atoms with E-state index < -0.39 is 11.9 Å². The zero-order valence-electron chi connectivity index (χ0n) is 14.9. The van der Waals surface area contributed by atoms with Crippen molar-refractivity contribution in [2.75, 3.05) is 11.9 Å². The van der Waals surface area contributed by atoms with Crippen LogP contribution in [0.4, 0.5) is 5.69 Å². The van der Waals surface area contributed by atoms with Gasteiger partial charge in [0, 0.05) is 12.0 Å². The molecule has 0 aliphatic rings. The molecule has 0 spiro atoms. The number of ether oxygens (including phenoxy) is 1. The third-order valence-electron chi connectivity index (χ3n) is 4.09. The van der Waals surface area contributed by atoms with Gasteiger partial charge in [-0.05, 0) is 51.8 Å². The lowest BCUT2D eigenvalue weighted by atomic mass is 10.1. The van der Waals surface area contributed by atoms with E-state index in [1.54, 1.807) is 36.4 Å². The molecule has 6 heteroatoms. The van der Waals surface area contributed by atoms with Gasteiger partial charge >= 0.3 is 5.97 Å². The van der Waals surface area contributed by atoms with E-state index in [-0.39, 0.29) is 11.3 Å². The molecule has 28 heavy (non-hydrogen) atoms. The summed E-state index contributed by atoms with van der Waals surface area (Å²) in [6.45, 7) is 0.514. The van der Waals surface area contributed by atoms with Crippen molar-refractivity contribution in [1.29, 1.82) is 0 Å². The second-order valence-corrected chi connectivity index (χ2v) is 6.89. The molecule has 2 N–H and O–H groups in total. The predicted octanol–water partition coefficient (Wildman–Crippen LogP) is 5.02. The van der Waals surface area contributed by atoms with Crippen LogP contribution in [0.1, 0.15) is 26.3 Å². The summed E-state index contributed by atoms with van der Waals surface area (Å²) in [5.74, 6) is -0.858. The van der Waals surface area contributed by atoms with E-state index in [1.165, 1.54) is 11.6 Å². The molecule has 0 radical (unpaired) electrons. The van der Waals surface area contributed by atoms with Gasteiger partial charge < -0.3 is 15.2 Å². The van der Waals surface area contributed by atoms with E-state index in [9.17, 15) is 14.7 Å². The molecule has 3 rings (SSSR count). The van der Waals surface area contributed by atoms with Gasteiger partial charge in [0.15, 0.2) is 0 Å². The maximum atomic E-state index is 12.5. The minimum Gasteiger partial charge on any atom is -0.492 e. The molecule has 1 amide bonds. The maximum Gasteiger partial charge on any atom is 0.337 e. The van der Waals surface area contributed by atoms with Crippen molar-refractivity contribution >= 4 is 33.5 Å². The van der Waals surface area contributed by atoms with Crippen LogP contribution in [-0.2, 0) is 6.42 Å². The van der Waals surface area contributed by atoms with Crippen molar-refractivity contribution in [3.8, 4) is 5.75 Å². The van der Waals surface area contributed by atoms with Gasteiger partial charge in [-0.15, -0.1) is 0 Å². The lowest BCUT2D eigenvalue weighted by Gasteiger charge is -2.11. The fourth-order valence-electron chi connectivity index (χ4n) is 2.66. The van der Waals surface area contributed by atoms with Gasteiger partial charge in [-0.25, -0.2) is 4.79 Å². The lowest BCUT2D eigenvalue weighted by molar-refractivity contribution is 0.0698. The normalized spacial score (nSPS) is 10.3. The molecule has 0 saturated carbocycles. The molecule has 142 valence electrons. The van der Waals surface area contributed by atoms with E-state index in [1.807, 2.05) is 30.3 Å². The fraction of sp³-hybridized carbons (Fsp3) is 0.0909. The average Bonchev–Trinajstić information content (AvgIpc) is 2.70. The second kappa shape index (κ2) is 9.19. The molecular formula is C22H18BrNO4. The number of carbonyl (C=O) groups excluding carboxylic acids is 1. The number of para-hydroxylation sites is 1. The molecule has 0 bridgehead atoms. The van der Waals surface area contributed by atoms with Crippen LogP contribution < -0.4 is 10.1 Å². The number of aromatic carboxylic acids is 1. The Balaban J connectivity index is 1.65. The average molecular weight is 440 g/mol. The van der Waals surface area contributed by atoms with Crippen molar-refractivity contribution in [3.05, 3.63) is 94.0 Å². The summed E-state index contributed by atoms with van der Waals surface area (Å²) in [6, 6.07) is 21.3. The van der Waals surface area contributed by atoms with E-state index >= 15 is 0 Å². The van der Waals surface area contributed by atoms with Gasteiger partial charge in [0.2, 0.25) is 0 Å². The monoisotopic (exact) mass is 439 g/mol. The van der Waals surface area contributed by atoms with Crippen LogP contribution in [0.3, 0.4) is 0 Å². The first-order chi connectivity index (χ1) is 13.5. The number of anilines is 1. The third kappa shape index (κ3) is 4.98. The van der Waals surface area contributed by atoms with Crippen molar-refractivity contribution < 1.29 is 19.4 Å². The summed E-state index contributed by atoms with van der Waals surface area (Å²) in [6.07, 6.45) is 0.779. The summed E-state index contributed by atoms with van der Waals surface area (Å²) in [4.78, 5) is 23.8. The van der Waals surface area contributed by atoms with Crippen LogP contribution in [0.2, 0.25) is 0 Å². The minimum absolute atomic E-state index is 0.0378. The number of amides is 1. The van der Waals surface area contributed by atoms with Crippen LogP contribution in [0.25, 0.3) is 0 Å². The van der Waals surface area contributed by atoms with Crippen LogP contribution >= 0.6 is 15.9 Å². The highest BCUT2D eigenvalue weighted by molar-refractivity contribution is 9.10. The SMILES string of the molecule is O=C(Nc1ccccc1C(=O)O)c1ccc(OCCc2ccccc2)c(Br)c1. The Bertz CT molecular complexity index is 989. The number of carbonyl (C=O) groups is 2. The highest BCUT2D eigenvalue weighted by Gasteiger charge is 2.14. The Kier molecular flexibility index (Phi) is 6.45. The summed E-state index contributed by atoms with van der Waals surface area (Å²) in [7, 11) is 0. The van der Waals surface area contributed by atoms with Gasteiger partial charge in [-0.3, -0.25) is 4.79 Å². The van der Waals surface area contributed by atoms with Gasteiger partial charge in [0.05, 0.1) is 22.3 Å². The smallest absolute Gasteiger partial charge is 0.337 e. The van der Waals surface area contributed by atoms with Gasteiger partial charge in [0.25, 0.3) is 5.91 Å². The lowest BCUT2D eigenvalue weighted by Crippen LogP contribution is -2.15. The highest BCUT2D eigenvalue weighted by Crippen LogP contribution is 2.27. The van der Waals surface area contributed by atoms with Crippen LogP contribution in [0.5, 0.6) is 5.75 Å². The molecule has 3 aromatic carbocycles. The Morgan fingerprint density at radius 3 is 2.39 bits per heavy atom. The quantitative estimate of drug-likeness (QED) is 0.541. The number of benzene rings is 3. The van der Waals surface area contributed by atoms with E-state index in [0.29, 0.717) is 22.4 Å². The third-order valence-corrected chi connectivity index (χ3v) is 4.71. The molecule has 5 nitrogen and oxygen atoms in total. The molecule has 0 unspecified atom stereocenters. The first kappa shape index (κ1) is 19.6. The van der Waals surface area contributed by atoms with Crippen molar-refractivity contribution in [2.45, 2.75) is 6.42 Å². The predicted molar refractivity (Wildman–Crippen MR) is 111 cm³/mol. The second-order valence-electron chi connectivity index (χ2n) is 6.03. The topological polar surface area (TPSA) is 75.6 Å². The van der Waals surface area contributed by atoms with E-state index in [0.717, 1.165) is 6.42 Å². The van der Waals surface area contributed by atoms with Crippen LogP contribution in [0.15, 0.2) is 77.3 Å². The first-order valence-electron chi connectivity index (χ1n) is 8.64. The Morgan fingerprint density at radius 1 is 0.964 bits per heavy atom. The number of nitrogens with one attached hydrogen (secondary N) is 1. The summed E-state index contributed by atoms with van der Waals surface area (Å²) < 4.78 is 6.44. The van der Waals surface area contributed by atoms with Gasteiger partial charge in [0.1, 0.15) is 5.75 Å². The maximum absolute atomic E-state index is 12.5. The molecule has 0 saturated heterocycles. The molecule has 0 fully saturated rings. The highest BCUT2D eigenvalue weighted by atomic mass is 79.9. The first-order valence-corrected chi connectivity index (χ1v) is 9.44. The summed E-state index contributed by atoms with van der Waals surface area (Å²) in [5, 5.41) is 11.9. The van der Waals surface area contributed by atoms with E-state index in [4.69, 9.17) is 4.74 Å². The number of carboxylic acid groups (broad SMARTS) is 1. The number of hydrogen-bond donors (Lipinski definition) is 2. The molecule has 0 aliphatic heterocycles. The zero-order chi connectivity index (χ0) is 19.9. The van der Waals surface area contributed by atoms with Gasteiger partial charge in [-0.1, -0.05) is 42.5 Å². The molecular weight excluding hydrogens is 422 g/mol. The number of rotatable bonds is 7. The molecule has 0 atom stereocenters.